The van der Waals surface area contributed by atoms with E-state index in [2.05, 4.69) is 10.1 Å². The smallest absolute Gasteiger partial charge is 0.409 e. The van der Waals surface area contributed by atoms with E-state index in [4.69, 9.17) is 5.11 Å². The Bertz CT molecular complexity index is 400. The molecule has 0 bridgehead atoms. The van der Waals surface area contributed by atoms with Crippen LogP contribution in [-0.2, 0) is 4.74 Å². The minimum absolute atomic E-state index is 0.321. The molecule has 0 unspecified atom stereocenters. The minimum Gasteiger partial charge on any atom is -0.465 e. The number of carbonyl (C=O) groups excluding carboxylic acids is 1. The molecular weight excluding hydrogens is 198 g/mol. The number of hydrogen-bond donors (Lipinski definition) is 2. The number of rotatable bonds is 2. The van der Waals surface area contributed by atoms with E-state index in [0.29, 0.717) is 11.3 Å². The fourth-order valence-electron chi connectivity index (χ4n) is 1.21. The lowest BCUT2D eigenvalue weighted by molar-refractivity contribution is 0.0600. The Balaban J connectivity index is 3.04. The normalized spacial score (nSPS) is 9.47. The highest BCUT2D eigenvalue weighted by molar-refractivity contribution is 5.92. The van der Waals surface area contributed by atoms with Gasteiger partial charge in [0.15, 0.2) is 0 Å². The first-order chi connectivity index (χ1) is 7.02. The first-order valence-corrected chi connectivity index (χ1v) is 4.23. The number of aryl methyl sites for hydroxylation is 1. The summed E-state index contributed by atoms with van der Waals surface area (Å²) in [5, 5.41) is 10.7. The molecule has 1 amide bonds. The maximum absolute atomic E-state index is 11.2. The molecule has 80 valence electrons. The average Bonchev–Trinajstić information content (AvgIpc) is 2.14. The zero-order chi connectivity index (χ0) is 11.4. The van der Waals surface area contributed by atoms with Gasteiger partial charge in [-0.3, -0.25) is 5.32 Å². The SMILES string of the molecule is COC(=O)c1cc(C)cc(NC(=O)O)c1. The van der Waals surface area contributed by atoms with Crippen LogP contribution in [0.25, 0.3) is 0 Å². The number of anilines is 1. The third-order valence-corrected chi connectivity index (χ3v) is 1.75. The molecule has 0 fully saturated rings. The van der Waals surface area contributed by atoms with Crippen LogP contribution in [0.1, 0.15) is 15.9 Å². The molecule has 0 saturated carbocycles. The van der Waals surface area contributed by atoms with Crippen molar-refractivity contribution in [2.75, 3.05) is 12.4 Å². The van der Waals surface area contributed by atoms with E-state index < -0.39 is 12.1 Å². The second kappa shape index (κ2) is 4.45. The topological polar surface area (TPSA) is 75.6 Å². The monoisotopic (exact) mass is 209 g/mol. The number of hydrogen-bond acceptors (Lipinski definition) is 3. The molecule has 5 heteroatoms. The quantitative estimate of drug-likeness (QED) is 0.729. The van der Waals surface area contributed by atoms with Gasteiger partial charge in [-0.2, -0.15) is 0 Å². The van der Waals surface area contributed by atoms with Crippen LogP contribution in [0.5, 0.6) is 0 Å². The highest BCUT2D eigenvalue weighted by Gasteiger charge is 2.08. The first kappa shape index (κ1) is 11.0. The van der Waals surface area contributed by atoms with Crippen LogP contribution in [0.15, 0.2) is 18.2 Å². The van der Waals surface area contributed by atoms with Gasteiger partial charge in [0, 0.05) is 5.69 Å². The van der Waals surface area contributed by atoms with E-state index >= 15 is 0 Å². The summed E-state index contributed by atoms with van der Waals surface area (Å²) in [6, 6.07) is 4.67. The van der Waals surface area contributed by atoms with E-state index in [-0.39, 0.29) is 0 Å². The molecule has 0 aliphatic heterocycles. The predicted molar refractivity (Wildman–Crippen MR) is 54.2 cm³/mol. The summed E-state index contributed by atoms with van der Waals surface area (Å²) in [5.74, 6) is -0.493. The molecule has 1 aromatic rings. The second-order valence-corrected chi connectivity index (χ2v) is 3.01. The minimum atomic E-state index is -1.17. The van der Waals surface area contributed by atoms with Crippen LogP contribution in [-0.4, -0.2) is 24.3 Å². The highest BCUT2D eigenvalue weighted by atomic mass is 16.5. The maximum Gasteiger partial charge on any atom is 0.409 e. The fourth-order valence-corrected chi connectivity index (χ4v) is 1.21. The summed E-state index contributed by atoms with van der Waals surface area (Å²) < 4.78 is 4.54. The number of benzene rings is 1. The number of nitrogens with one attached hydrogen (secondary N) is 1. The first-order valence-electron chi connectivity index (χ1n) is 4.23. The molecule has 1 aromatic carbocycles. The second-order valence-electron chi connectivity index (χ2n) is 3.01. The van der Waals surface area contributed by atoms with E-state index in [1.54, 1.807) is 19.1 Å². The number of carboxylic acid groups (broad SMARTS) is 1. The van der Waals surface area contributed by atoms with Crippen LogP contribution >= 0.6 is 0 Å². The van der Waals surface area contributed by atoms with E-state index in [0.717, 1.165) is 5.56 Å². The van der Waals surface area contributed by atoms with Gasteiger partial charge in [-0.05, 0) is 30.7 Å². The lowest BCUT2D eigenvalue weighted by atomic mass is 10.1. The average molecular weight is 209 g/mol. The summed E-state index contributed by atoms with van der Waals surface area (Å²) >= 11 is 0. The van der Waals surface area contributed by atoms with Crippen molar-refractivity contribution in [3.8, 4) is 0 Å². The highest BCUT2D eigenvalue weighted by Crippen LogP contribution is 2.15. The number of ether oxygens (including phenoxy) is 1. The van der Waals surface area contributed by atoms with Crippen molar-refractivity contribution in [2.45, 2.75) is 6.92 Å². The molecule has 0 spiro atoms. The van der Waals surface area contributed by atoms with Crippen LogP contribution in [0, 0.1) is 6.92 Å². The molecule has 0 radical (unpaired) electrons. The molecule has 0 heterocycles. The summed E-state index contributed by atoms with van der Waals surface area (Å²) in [4.78, 5) is 21.6. The Hall–Kier alpha value is -2.04. The summed E-state index contributed by atoms with van der Waals surface area (Å²) in [7, 11) is 1.27. The number of amides is 1. The Morgan fingerprint density at radius 3 is 2.53 bits per heavy atom. The Morgan fingerprint density at radius 2 is 2.00 bits per heavy atom. The third-order valence-electron chi connectivity index (χ3n) is 1.75. The van der Waals surface area contributed by atoms with Crippen LogP contribution in [0.2, 0.25) is 0 Å². The van der Waals surface area contributed by atoms with Gasteiger partial charge in [0.25, 0.3) is 0 Å². The van der Waals surface area contributed by atoms with Gasteiger partial charge in [0.1, 0.15) is 0 Å². The lowest BCUT2D eigenvalue weighted by Gasteiger charge is -2.05. The van der Waals surface area contributed by atoms with Crippen molar-refractivity contribution < 1.29 is 19.4 Å². The molecule has 0 saturated heterocycles. The molecular formula is C10H11NO4. The molecule has 15 heavy (non-hydrogen) atoms. The van der Waals surface area contributed by atoms with Gasteiger partial charge in [0.2, 0.25) is 0 Å². The summed E-state index contributed by atoms with van der Waals surface area (Å²) in [6.07, 6.45) is -1.17. The lowest BCUT2D eigenvalue weighted by Crippen LogP contribution is -2.09. The summed E-state index contributed by atoms with van der Waals surface area (Å²) in [6.45, 7) is 1.76. The number of carbonyl (C=O) groups is 2. The molecule has 5 nitrogen and oxygen atoms in total. The number of methoxy groups -OCH3 is 1. The zero-order valence-electron chi connectivity index (χ0n) is 8.40. The van der Waals surface area contributed by atoms with Crippen molar-refractivity contribution in [3.63, 3.8) is 0 Å². The van der Waals surface area contributed by atoms with E-state index in [9.17, 15) is 9.59 Å². The van der Waals surface area contributed by atoms with Gasteiger partial charge in [-0.1, -0.05) is 0 Å². The van der Waals surface area contributed by atoms with Crippen molar-refractivity contribution in [1.82, 2.24) is 0 Å². The molecule has 0 atom stereocenters. The van der Waals surface area contributed by atoms with Gasteiger partial charge in [-0.15, -0.1) is 0 Å². The van der Waals surface area contributed by atoms with E-state index in [1.165, 1.54) is 13.2 Å². The summed E-state index contributed by atoms with van der Waals surface area (Å²) in [5.41, 5.74) is 1.45. The van der Waals surface area contributed by atoms with Crippen molar-refractivity contribution >= 4 is 17.7 Å². The Kier molecular flexibility index (Phi) is 3.28. The standard InChI is InChI=1S/C10H11NO4/c1-6-3-7(9(12)15-2)5-8(4-6)11-10(13)14/h3-5,11H,1-2H3,(H,13,14). The van der Waals surface area contributed by atoms with Crippen molar-refractivity contribution in [2.24, 2.45) is 0 Å². The molecule has 0 aliphatic rings. The molecule has 1 rings (SSSR count). The maximum atomic E-state index is 11.2. The molecule has 2 N–H and O–H groups in total. The van der Waals surface area contributed by atoms with Gasteiger partial charge < -0.3 is 9.84 Å². The van der Waals surface area contributed by atoms with Crippen LogP contribution in [0.4, 0.5) is 10.5 Å². The van der Waals surface area contributed by atoms with Crippen molar-refractivity contribution in [1.29, 1.82) is 0 Å². The predicted octanol–water partition coefficient (Wildman–Crippen LogP) is 1.87. The van der Waals surface area contributed by atoms with E-state index in [1.807, 2.05) is 0 Å². The molecule has 0 aliphatic carbocycles. The zero-order valence-corrected chi connectivity index (χ0v) is 8.40. The van der Waals surface area contributed by atoms with Gasteiger partial charge in [-0.25, -0.2) is 9.59 Å². The third kappa shape index (κ3) is 2.98. The Labute approximate surface area is 86.7 Å². The largest absolute Gasteiger partial charge is 0.465 e. The fraction of sp³-hybridized carbons (Fsp3) is 0.200. The van der Waals surface area contributed by atoms with Gasteiger partial charge in [0.05, 0.1) is 12.7 Å². The van der Waals surface area contributed by atoms with Gasteiger partial charge >= 0.3 is 12.1 Å². The number of esters is 1. The molecule has 0 aromatic heterocycles. The van der Waals surface area contributed by atoms with Crippen molar-refractivity contribution in [3.05, 3.63) is 29.3 Å². The van der Waals surface area contributed by atoms with Crippen LogP contribution in [0.3, 0.4) is 0 Å². The Morgan fingerprint density at radius 1 is 1.33 bits per heavy atom. The van der Waals surface area contributed by atoms with Crippen LogP contribution < -0.4 is 5.32 Å².